The molecule has 1 fully saturated rings. The maximum atomic E-state index is 14.7. The standard InChI is InChI=1S/C23H16FN5O.C7H12N2O/c24-18-5-2-1-4-17(18)22-26-19-8-9-21(28-12-3-11-25-28)27-23(19)29(22)16-7-6-15-10-13-30-20(15)14-16;1-3-7(10)9(2)6-4-8-5-6/h1-9,11-12,14H,10,13H2;3,6,8H,1,4-5H2,2H3. The van der Waals surface area contributed by atoms with Gasteiger partial charge in [0.15, 0.2) is 11.5 Å². The van der Waals surface area contributed by atoms with E-state index in [0.717, 1.165) is 30.9 Å². The summed E-state index contributed by atoms with van der Waals surface area (Å²) in [4.78, 5) is 22.2. The molecule has 0 unspecified atom stereocenters. The van der Waals surface area contributed by atoms with Crippen molar-refractivity contribution in [1.29, 1.82) is 0 Å². The van der Waals surface area contributed by atoms with Crippen molar-refractivity contribution in [1.82, 2.24) is 34.5 Å². The van der Waals surface area contributed by atoms with Gasteiger partial charge < -0.3 is 15.0 Å². The molecule has 1 amide bonds. The van der Waals surface area contributed by atoms with Crippen molar-refractivity contribution < 1.29 is 13.9 Å². The second-order valence-corrected chi connectivity index (χ2v) is 9.57. The SMILES string of the molecule is C=CC(=O)N(C)C1CNC1.Fc1ccccc1-c1nc2ccc(-n3cccn3)nc2n1-c1ccc2c(c1)OCC2. The summed E-state index contributed by atoms with van der Waals surface area (Å²) in [6.45, 7) is 5.91. The van der Waals surface area contributed by atoms with Gasteiger partial charge in [0.05, 0.1) is 23.9 Å². The molecular formula is C30H28FN7O2. The molecule has 0 bridgehead atoms. The third-order valence-electron chi connectivity index (χ3n) is 7.11. The Kier molecular flexibility index (Phi) is 6.83. The van der Waals surface area contributed by atoms with Crippen LogP contribution in [0.2, 0.25) is 0 Å². The number of halogens is 1. The number of pyridine rings is 1. The van der Waals surface area contributed by atoms with Gasteiger partial charge in [0.1, 0.15) is 22.9 Å². The van der Waals surface area contributed by atoms with Crippen LogP contribution in [-0.2, 0) is 11.2 Å². The van der Waals surface area contributed by atoms with Crippen LogP contribution in [0.25, 0.3) is 34.1 Å². The van der Waals surface area contributed by atoms with E-state index < -0.39 is 0 Å². The van der Waals surface area contributed by atoms with E-state index in [9.17, 15) is 9.18 Å². The highest BCUT2D eigenvalue weighted by molar-refractivity contribution is 5.87. The van der Waals surface area contributed by atoms with Crippen LogP contribution in [0.4, 0.5) is 4.39 Å². The molecule has 9 nitrogen and oxygen atoms in total. The Hall–Kier alpha value is -4.83. The van der Waals surface area contributed by atoms with Crippen LogP contribution in [0.1, 0.15) is 5.56 Å². The minimum absolute atomic E-state index is 0.00602. The Bertz CT molecular complexity index is 1690. The lowest BCUT2D eigenvalue weighted by Gasteiger charge is -2.34. The fourth-order valence-corrected chi connectivity index (χ4v) is 4.71. The number of hydrogen-bond acceptors (Lipinski definition) is 6. The molecular weight excluding hydrogens is 509 g/mol. The van der Waals surface area contributed by atoms with Gasteiger partial charge in [-0.15, -0.1) is 0 Å². The van der Waals surface area contributed by atoms with Crippen molar-refractivity contribution in [2.75, 3.05) is 26.7 Å². The summed E-state index contributed by atoms with van der Waals surface area (Å²) < 4.78 is 24.0. The third-order valence-corrected chi connectivity index (χ3v) is 7.11. The van der Waals surface area contributed by atoms with Crippen molar-refractivity contribution in [2.24, 2.45) is 0 Å². The Morgan fingerprint density at radius 1 is 1.15 bits per heavy atom. The zero-order valence-corrected chi connectivity index (χ0v) is 22.0. The summed E-state index contributed by atoms with van der Waals surface area (Å²) >= 11 is 0. The fourth-order valence-electron chi connectivity index (χ4n) is 4.71. The van der Waals surface area contributed by atoms with Crippen molar-refractivity contribution in [2.45, 2.75) is 12.5 Å². The van der Waals surface area contributed by atoms with E-state index in [1.165, 1.54) is 17.7 Å². The molecule has 10 heteroatoms. The summed E-state index contributed by atoms with van der Waals surface area (Å²) in [5, 5.41) is 7.36. The summed E-state index contributed by atoms with van der Waals surface area (Å²) in [6.07, 6.45) is 5.77. The van der Waals surface area contributed by atoms with Gasteiger partial charge in [-0.05, 0) is 48.0 Å². The van der Waals surface area contributed by atoms with Crippen LogP contribution < -0.4 is 10.1 Å². The van der Waals surface area contributed by atoms with E-state index in [1.54, 1.807) is 41.0 Å². The van der Waals surface area contributed by atoms with Crippen molar-refractivity contribution in [3.05, 3.63) is 97.1 Å². The predicted octanol–water partition coefficient (Wildman–Crippen LogP) is 3.95. The number of likely N-dealkylation sites (N-methyl/N-ethyl adjacent to an activating group) is 1. The van der Waals surface area contributed by atoms with Gasteiger partial charge in [0.2, 0.25) is 5.91 Å². The maximum absolute atomic E-state index is 14.7. The first-order valence-corrected chi connectivity index (χ1v) is 13.0. The van der Waals surface area contributed by atoms with Gasteiger partial charge in [-0.1, -0.05) is 24.8 Å². The molecule has 202 valence electrons. The van der Waals surface area contributed by atoms with E-state index in [0.29, 0.717) is 41.0 Å². The highest BCUT2D eigenvalue weighted by Gasteiger charge is 2.23. The second-order valence-electron chi connectivity index (χ2n) is 9.57. The van der Waals surface area contributed by atoms with E-state index in [-0.39, 0.29) is 11.7 Å². The smallest absolute Gasteiger partial charge is 0.246 e. The van der Waals surface area contributed by atoms with Crippen LogP contribution >= 0.6 is 0 Å². The number of hydrogen-bond donors (Lipinski definition) is 1. The average molecular weight is 538 g/mol. The lowest BCUT2D eigenvalue weighted by Crippen LogP contribution is -2.57. The number of nitrogens with one attached hydrogen (secondary N) is 1. The highest BCUT2D eigenvalue weighted by atomic mass is 19.1. The van der Waals surface area contributed by atoms with Crippen LogP contribution in [0, 0.1) is 5.82 Å². The van der Waals surface area contributed by atoms with Gasteiger partial charge in [0, 0.05) is 45.0 Å². The van der Waals surface area contributed by atoms with Crippen LogP contribution in [0.5, 0.6) is 5.75 Å². The Balaban J connectivity index is 0.000000246. The summed E-state index contributed by atoms with van der Waals surface area (Å²) in [7, 11) is 1.80. The predicted molar refractivity (Wildman–Crippen MR) is 150 cm³/mol. The zero-order chi connectivity index (χ0) is 27.6. The van der Waals surface area contributed by atoms with Gasteiger partial charge in [-0.3, -0.25) is 9.36 Å². The summed E-state index contributed by atoms with van der Waals surface area (Å²) in [5.41, 5.74) is 3.70. The molecule has 7 rings (SSSR count). The number of amides is 1. The van der Waals surface area contributed by atoms with Gasteiger partial charge >= 0.3 is 0 Å². The van der Waals surface area contributed by atoms with E-state index >= 15 is 0 Å². The average Bonchev–Trinajstić information content (AvgIpc) is 3.71. The molecule has 0 aliphatic carbocycles. The number of rotatable bonds is 5. The molecule has 0 spiro atoms. The fraction of sp³-hybridized carbons (Fsp3) is 0.200. The molecule has 2 aliphatic heterocycles. The highest BCUT2D eigenvalue weighted by Crippen LogP contribution is 2.33. The maximum Gasteiger partial charge on any atom is 0.246 e. The number of carbonyl (C=O) groups excluding carboxylic acids is 1. The van der Waals surface area contributed by atoms with Crippen LogP contribution in [-0.4, -0.2) is 67.9 Å². The van der Waals surface area contributed by atoms with Gasteiger partial charge in [0.25, 0.3) is 0 Å². The second kappa shape index (κ2) is 10.7. The Labute approximate surface area is 230 Å². The molecule has 2 aromatic carbocycles. The molecule has 0 atom stereocenters. The number of nitrogens with zero attached hydrogens (tertiary/aromatic N) is 6. The number of aromatic nitrogens is 5. The van der Waals surface area contributed by atoms with E-state index in [2.05, 4.69) is 17.0 Å². The van der Waals surface area contributed by atoms with Crippen LogP contribution in [0.3, 0.4) is 0 Å². The molecule has 0 saturated carbocycles. The van der Waals surface area contributed by atoms with E-state index in [4.69, 9.17) is 14.7 Å². The van der Waals surface area contributed by atoms with Gasteiger partial charge in [-0.2, -0.15) is 5.10 Å². The Morgan fingerprint density at radius 2 is 2.00 bits per heavy atom. The van der Waals surface area contributed by atoms with Crippen molar-refractivity contribution >= 4 is 17.1 Å². The molecule has 2 aliphatic rings. The monoisotopic (exact) mass is 537 g/mol. The molecule has 5 aromatic rings. The molecule has 5 heterocycles. The zero-order valence-electron chi connectivity index (χ0n) is 22.0. The number of fused-ring (bicyclic) bond motifs is 2. The van der Waals surface area contributed by atoms with E-state index in [1.807, 2.05) is 47.2 Å². The van der Waals surface area contributed by atoms with Crippen molar-refractivity contribution in [3.8, 4) is 28.6 Å². The number of ether oxygens (including phenoxy) is 1. The lowest BCUT2D eigenvalue weighted by molar-refractivity contribution is -0.127. The molecule has 1 N–H and O–H groups in total. The largest absolute Gasteiger partial charge is 0.493 e. The first-order chi connectivity index (χ1) is 19.5. The third kappa shape index (κ3) is 4.73. The van der Waals surface area contributed by atoms with Crippen LogP contribution in [0.15, 0.2) is 85.7 Å². The topological polar surface area (TPSA) is 90.1 Å². The minimum Gasteiger partial charge on any atom is -0.493 e. The summed E-state index contributed by atoms with van der Waals surface area (Å²) in [6, 6.07) is 18.6. The molecule has 3 aromatic heterocycles. The minimum atomic E-state index is -0.334. The lowest BCUT2D eigenvalue weighted by atomic mass is 10.1. The molecule has 1 saturated heterocycles. The molecule has 0 radical (unpaired) electrons. The van der Waals surface area contributed by atoms with Gasteiger partial charge in [-0.25, -0.2) is 19.0 Å². The quantitative estimate of drug-likeness (QED) is 0.342. The number of benzene rings is 2. The summed E-state index contributed by atoms with van der Waals surface area (Å²) in [5.74, 6) is 1.67. The Morgan fingerprint density at radius 3 is 2.73 bits per heavy atom. The molecule has 40 heavy (non-hydrogen) atoms. The normalized spacial score (nSPS) is 14.1. The first kappa shape index (κ1) is 25.4. The first-order valence-electron chi connectivity index (χ1n) is 13.0. The number of imidazole rings is 1. The van der Waals surface area contributed by atoms with Crippen molar-refractivity contribution in [3.63, 3.8) is 0 Å². The number of carbonyl (C=O) groups is 1.